The minimum Gasteiger partial charge on any atom is -0.504 e. The van der Waals surface area contributed by atoms with Crippen molar-refractivity contribution in [2.24, 2.45) is 5.10 Å². The van der Waals surface area contributed by atoms with Gasteiger partial charge < -0.3 is 14.6 Å². The van der Waals surface area contributed by atoms with Crippen LogP contribution in [-0.4, -0.2) is 30.9 Å². The molecule has 25 heavy (non-hydrogen) atoms. The number of hydrogen-bond acceptors (Lipinski definition) is 5. The number of carbonyl (C=O) groups is 1. The number of hydrogen-bond donors (Lipinski definition) is 2. The van der Waals surface area contributed by atoms with Gasteiger partial charge in [-0.15, -0.1) is 0 Å². The summed E-state index contributed by atoms with van der Waals surface area (Å²) in [5.41, 5.74) is 4.89. The van der Waals surface area contributed by atoms with E-state index in [-0.39, 0.29) is 18.3 Å². The van der Waals surface area contributed by atoms with Crippen molar-refractivity contribution in [3.8, 4) is 17.2 Å². The highest BCUT2D eigenvalue weighted by molar-refractivity contribution is 9.10. The Kier molecular flexibility index (Phi) is 6.41. The third kappa shape index (κ3) is 5.22. The normalized spacial score (nSPS) is 10.7. The predicted octanol–water partition coefficient (Wildman–Crippen LogP) is 3.31. The molecule has 0 aliphatic rings. The molecular weight excluding hydrogens is 388 g/mol. The van der Waals surface area contributed by atoms with Crippen LogP contribution in [0.15, 0.2) is 39.9 Å². The van der Waals surface area contributed by atoms with E-state index in [0.717, 1.165) is 15.6 Å². The number of aryl methyl sites for hydroxylation is 2. The van der Waals surface area contributed by atoms with Crippen LogP contribution in [0.25, 0.3) is 0 Å². The van der Waals surface area contributed by atoms with Gasteiger partial charge in [-0.05, 0) is 60.9 Å². The molecule has 0 spiro atoms. The summed E-state index contributed by atoms with van der Waals surface area (Å²) in [6, 6.07) is 8.66. The number of hydrazone groups is 1. The topological polar surface area (TPSA) is 80.2 Å². The van der Waals surface area contributed by atoms with Crippen LogP contribution in [-0.2, 0) is 4.79 Å². The number of methoxy groups -OCH3 is 1. The van der Waals surface area contributed by atoms with Crippen LogP contribution in [0.5, 0.6) is 17.2 Å². The van der Waals surface area contributed by atoms with Crippen LogP contribution in [0, 0.1) is 13.8 Å². The lowest BCUT2D eigenvalue weighted by molar-refractivity contribution is -0.123. The van der Waals surface area contributed by atoms with Gasteiger partial charge >= 0.3 is 0 Å². The van der Waals surface area contributed by atoms with Gasteiger partial charge in [0, 0.05) is 4.47 Å². The molecule has 0 saturated heterocycles. The molecule has 2 N–H and O–H groups in total. The SMILES string of the molecule is COc1ccc(/C=N/NC(=O)COc2c(C)cc(Br)cc2C)cc1O. The van der Waals surface area contributed by atoms with E-state index in [4.69, 9.17) is 9.47 Å². The smallest absolute Gasteiger partial charge is 0.277 e. The molecule has 1 amide bonds. The molecule has 0 bridgehead atoms. The van der Waals surface area contributed by atoms with Crippen molar-refractivity contribution in [3.05, 3.63) is 51.5 Å². The first kappa shape index (κ1) is 18.8. The van der Waals surface area contributed by atoms with Crippen molar-refractivity contribution in [2.45, 2.75) is 13.8 Å². The molecule has 0 aliphatic heterocycles. The standard InChI is InChI=1S/C18H19BrN2O4/c1-11-6-14(19)7-12(2)18(11)25-10-17(23)21-20-9-13-4-5-16(24-3)15(22)8-13/h4-9,22H,10H2,1-3H3,(H,21,23)/b20-9+. The number of nitrogens with one attached hydrogen (secondary N) is 1. The highest BCUT2D eigenvalue weighted by Crippen LogP contribution is 2.27. The first-order valence-electron chi connectivity index (χ1n) is 7.49. The maximum Gasteiger partial charge on any atom is 0.277 e. The lowest BCUT2D eigenvalue weighted by atomic mass is 10.1. The highest BCUT2D eigenvalue weighted by atomic mass is 79.9. The molecule has 0 aromatic heterocycles. The van der Waals surface area contributed by atoms with Crippen molar-refractivity contribution >= 4 is 28.1 Å². The lowest BCUT2D eigenvalue weighted by Crippen LogP contribution is -2.25. The van der Waals surface area contributed by atoms with Gasteiger partial charge in [0.1, 0.15) is 5.75 Å². The second kappa shape index (κ2) is 8.53. The second-order valence-electron chi connectivity index (χ2n) is 5.38. The Labute approximate surface area is 154 Å². The summed E-state index contributed by atoms with van der Waals surface area (Å²) in [5.74, 6) is 0.676. The van der Waals surface area contributed by atoms with Crippen LogP contribution < -0.4 is 14.9 Å². The van der Waals surface area contributed by atoms with Crippen molar-refractivity contribution in [1.29, 1.82) is 0 Å². The summed E-state index contributed by atoms with van der Waals surface area (Å²) in [4.78, 5) is 11.8. The summed E-state index contributed by atoms with van der Waals surface area (Å²) < 4.78 is 11.5. The molecule has 0 atom stereocenters. The fraction of sp³-hybridized carbons (Fsp3) is 0.222. The molecule has 132 valence electrons. The molecule has 0 heterocycles. The van der Waals surface area contributed by atoms with Crippen molar-refractivity contribution in [2.75, 3.05) is 13.7 Å². The van der Waals surface area contributed by atoms with Gasteiger partial charge in [0.2, 0.25) is 0 Å². The molecular formula is C18H19BrN2O4. The number of aromatic hydroxyl groups is 1. The zero-order chi connectivity index (χ0) is 18.4. The maximum absolute atomic E-state index is 11.8. The fourth-order valence-electron chi connectivity index (χ4n) is 2.26. The molecule has 2 aromatic carbocycles. The quantitative estimate of drug-likeness (QED) is 0.569. The van der Waals surface area contributed by atoms with Gasteiger partial charge in [-0.3, -0.25) is 4.79 Å². The van der Waals surface area contributed by atoms with Gasteiger partial charge in [0.15, 0.2) is 18.1 Å². The summed E-state index contributed by atoms with van der Waals surface area (Å²) in [7, 11) is 1.47. The van der Waals surface area contributed by atoms with E-state index in [1.165, 1.54) is 19.4 Å². The molecule has 7 heteroatoms. The Hall–Kier alpha value is -2.54. The molecule has 0 radical (unpaired) electrons. The third-order valence-corrected chi connectivity index (χ3v) is 3.84. The molecule has 0 unspecified atom stereocenters. The average Bonchev–Trinajstić information content (AvgIpc) is 2.54. The molecule has 0 fully saturated rings. The molecule has 6 nitrogen and oxygen atoms in total. The number of halogens is 1. The van der Waals surface area contributed by atoms with Crippen LogP contribution in [0.2, 0.25) is 0 Å². The number of amides is 1. The zero-order valence-electron chi connectivity index (χ0n) is 14.2. The number of phenolic OH excluding ortho intramolecular Hbond substituents is 1. The number of phenols is 1. The Morgan fingerprint density at radius 2 is 1.96 bits per heavy atom. The van der Waals surface area contributed by atoms with E-state index in [0.29, 0.717) is 17.1 Å². The van der Waals surface area contributed by atoms with E-state index < -0.39 is 0 Å². The number of benzene rings is 2. The Morgan fingerprint density at radius 1 is 1.28 bits per heavy atom. The number of rotatable bonds is 6. The Balaban J connectivity index is 1.90. The predicted molar refractivity (Wildman–Crippen MR) is 99.5 cm³/mol. The number of ether oxygens (including phenoxy) is 2. The van der Waals surface area contributed by atoms with Crippen LogP contribution in [0.4, 0.5) is 0 Å². The van der Waals surface area contributed by atoms with E-state index in [1.807, 2.05) is 26.0 Å². The maximum atomic E-state index is 11.8. The van der Waals surface area contributed by atoms with E-state index in [1.54, 1.807) is 12.1 Å². The first-order valence-corrected chi connectivity index (χ1v) is 8.28. The van der Waals surface area contributed by atoms with Crippen LogP contribution >= 0.6 is 15.9 Å². The zero-order valence-corrected chi connectivity index (χ0v) is 15.8. The molecule has 0 saturated carbocycles. The largest absolute Gasteiger partial charge is 0.504 e. The van der Waals surface area contributed by atoms with Gasteiger partial charge in [-0.2, -0.15) is 5.10 Å². The minimum absolute atomic E-state index is 0.00213. The van der Waals surface area contributed by atoms with Crippen molar-refractivity contribution in [3.63, 3.8) is 0 Å². The Morgan fingerprint density at radius 3 is 2.56 bits per heavy atom. The molecule has 0 aliphatic carbocycles. The highest BCUT2D eigenvalue weighted by Gasteiger charge is 2.08. The molecule has 2 rings (SSSR count). The molecule has 2 aromatic rings. The van der Waals surface area contributed by atoms with E-state index in [2.05, 4.69) is 26.5 Å². The average molecular weight is 407 g/mol. The lowest BCUT2D eigenvalue weighted by Gasteiger charge is -2.11. The number of carbonyl (C=O) groups excluding carboxylic acids is 1. The van der Waals surface area contributed by atoms with Gasteiger partial charge in [0.05, 0.1) is 13.3 Å². The van der Waals surface area contributed by atoms with E-state index >= 15 is 0 Å². The Bertz CT molecular complexity index is 783. The first-order chi connectivity index (χ1) is 11.9. The number of nitrogens with zero attached hydrogens (tertiary/aromatic N) is 1. The van der Waals surface area contributed by atoms with Gasteiger partial charge in [-0.25, -0.2) is 5.43 Å². The summed E-state index contributed by atoms with van der Waals surface area (Å²) in [5, 5.41) is 13.5. The minimum atomic E-state index is -0.379. The fourth-order valence-corrected chi connectivity index (χ4v) is 2.95. The third-order valence-electron chi connectivity index (χ3n) is 3.38. The summed E-state index contributed by atoms with van der Waals surface area (Å²) in [6.07, 6.45) is 1.42. The summed E-state index contributed by atoms with van der Waals surface area (Å²) >= 11 is 3.42. The monoisotopic (exact) mass is 406 g/mol. The summed E-state index contributed by atoms with van der Waals surface area (Å²) in [6.45, 7) is 3.69. The van der Waals surface area contributed by atoms with Crippen molar-refractivity contribution in [1.82, 2.24) is 5.43 Å². The van der Waals surface area contributed by atoms with E-state index in [9.17, 15) is 9.90 Å². The van der Waals surface area contributed by atoms with Gasteiger partial charge in [-0.1, -0.05) is 15.9 Å². The van der Waals surface area contributed by atoms with Crippen LogP contribution in [0.3, 0.4) is 0 Å². The van der Waals surface area contributed by atoms with Crippen LogP contribution in [0.1, 0.15) is 16.7 Å². The van der Waals surface area contributed by atoms with Crippen molar-refractivity contribution < 1.29 is 19.4 Å². The van der Waals surface area contributed by atoms with Gasteiger partial charge in [0.25, 0.3) is 5.91 Å². The second-order valence-corrected chi connectivity index (χ2v) is 6.30.